The number of hydrogen-bond acceptors (Lipinski definition) is 2. The van der Waals surface area contributed by atoms with E-state index in [1.807, 2.05) is 0 Å². The molecule has 2 N–H and O–H groups in total. The first-order valence-electron chi connectivity index (χ1n) is 6.96. The van der Waals surface area contributed by atoms with Crippen LogP contribution in [0.1, 0.15) is 5.56 Å². The van der Waals surface area contributed by atoms with Gasteiger partial charge in [-0.1, -0.05) is 0 Å². The Morgan fingerprint density at radius 2 is 1.70 bits per heavy atom. The first kappa shape index (κ1) is 15.6. The molecule has 23 heavy (non-hydrogen) atoms. The van der Waals surface area contributed by atoms with Crippen LogP contribution in [0.2, 0.25) is 0 Å². The summed E-state index contributed by atoms with van der Waals surface area (Å²) in [6, 6.07) is 9.04. The Morgan fingerprint density at radius 1 is 1.00 bits per heavy atom. The normalized spacial score (nSPS) is 11.9. The van der Waals surface area contributed by atoms with Crippen molar-refractivity contribution in [2.45, 2.75) is 11.3 Å². The summed E-state index contributed by atoms with van der Waals surface area (Å²) in [5.74, 6) is -0.821. The maximum Gasteiger partial charge on any atom is 0.240 e. The molecule has 3 rings (SSSR count). The third-order valence-electron chi connectivity index (χ3n) is 3.54. The Hall–Kier alpha value is -2.25. The van der Waals surface area contributed by atoms with Crippen molar-refractivity contribution in [3.63, 3.8) is 0 Å². The summed E-state index contributed by atoms with van der Waals surface area (Å²) in [4.78, 5) is 2.97. The Balaban J connectivity index is 1.69. The molecule has 0 aliphatic carbocycles. The number of halogens is 2. The van der Waals surface area contributed by atoms with E-state index in [1.165, 1.54) is 24.3 Å². The highest BCUT2D eigenvalue weighted by Gasteiger charge is 2.13. The van der Waals surface area contributed by atoms with Gasteiger partial charge in [0.05, 0.1) is 4.90 Å². The Morgan fingerprint density at radius 3 is 2.43 bits per heavy atom. The quantitative estimate of drug-likeness (QED) is 0.752. The smallest absolute Gasteiger partial charge is 0.240 e. The van der Waals surface area contributed by atoms with Crippen molar-refractivity contribution in [2.75, 3.05) is 6.54 Å². The molecule has 1 aromatic heterocycles. The van der Waals surface area contributed by atoms with Crippen LogP contribution in [-0.2, 0) is 16.4 Å². The molecule has 0 fully saturated rings. The minimum Gasteiger partial charge on any atom is -0.361 e. The minimum absolute atomic E-state index is 0.0138. The van der Waals surface area contributed by atoms with E-state index in [1.54, 1.807) is 12.3 Å². The fourth-order valence-corrected chi connectivity index (χ4v) is 3.41. The number of hydrogen-bond donors (Lipinski definition) is 2. The van der Waals surface area contributed by atoms with Crippen LogP contribution >= 0.6 is 0 Å². The molecule has 0 bridgehead atoms. The molecule has 0 aliphatic rings. The van der Waals surface area contributed by atoms with Crippen LogP contribution in [0.25, 0.3) is 10.9 Å². The number of sulfonamides is 1. The van der Waals surface area contributed by atoms with Crippen molar-refractivity contribution in [3.05, 3.63) is 65.9 Å². The summed E-state index contributed by atoms with van der Waals surface area (Å²) < 4.78 is 52.6. The Bertz CT molecular complexity index is 934. The van der Waals surface area contributed by atoms with Gasteiger partial charge in [0.2, 0.25) is 10.0 Å². The van der Waals surface area contributed by atoms with Crippen molar-refractivity contribution >= 4 is 20.9 Å². The van der Waals surface area contributed by atoms with Gasteiger partial charge in [-0.05, 0) is 54.4 Å². The molecule has 0 spiro atoms. The van der Waals surface area contributed by atoms with E-state index in [9.17, 15) is 17.2 Å². The summed E-state index contributed by atoms with van der Waals surface area (Å²) in [5, 5.41) is 0.854. The molecule has 4 nitrogen and oxygen atoms in total. The summed E-state index contributed by atoms with van der Waals surface area (Å²) in [6.45, 7) is 0.185. The van der Waals surface area contributed by atoms with Crippen LogP contribution in [0.4, 0.5) is 8.78 Å². The number of fused-ring (bicyclic) bond motifs is 1. The molecule has 0 amide bonds. The van der Waals surface area contributed by atoms with E-state index in [2.05, 4.69) is 9.71 Å². The zero-order chi connectivity index (χ0) is 16.4. The van der Waals surface area contributed by atoms with Crippen LogP contribution in [0, 0.1) is 11.6 Å². The molecule has 0 saturated heterocycles. The van der Waals surface area contributed by atoms with Gasteiger partial charge in [0.1, 0.15) is 11.6 Å². The number of H-pyrrole nitrogens is 1. The highest BCUT2D eigenvalue weighted by atomic mass is 32.2. The minimum atomic E-state index is -3.68. The van der Waals surface area contributed by atoms with Gasteiger partial charge in [-0.25, -0.2) is 21.9 Å². The number of rotatable bonds is 5. The van der Waals surface area contributed by atoms with E-state index < -0.39 is 15.8 Å². The van der Waals surface area contributed by atoms with Crippen molar-refractivity contribution in [1.82, 2.24) is 9.71 Å². The van der Waals surface area contributed by atoms with E-state index >= 15 is 0 Å². The first-order valence-corrected chi connectivity index (χ1v) is 8.45. The lowest BCUT2D eigenvalue weighted by atomic mass is 10.1. The first-order chi connectivity index (χ1) is 11.0. The lowest BCUT2D eigenvalue weighted by Crippen LogP contribution is -2.25. The van der Waals surface area contributed by atoms with E-state index in [4.69, 9.17) is 0 Å². The fraction of sp³-hybridized carbons (Fsp3) is 0.125. The highest BCUT2D eigenvalue weighted by Crippen LogP contribution is 2.19. The summed E-state index contributed by atoms with van der Waals surface area (Å²) in [6.07, 6.45) is 2.18. The van der Waals surface area contributed by atoms with E-state index in [-0.39, 0.29) is 17.3 Å². The molecule has 3 aromatic rings. The molecule has 0 atom stereocenters. The predicted molar refractivity (Wildman–Crippen MR) is 83.5 cm³/mol. The molecule has 0 radical (unpaired) electrons. The highest BCUT2D eigenvalue weighted by molar-refractivity contribution is 7.89. The van der Waals surface area contributed by atoms with Crippen molar-refractivity contribution in [2.24, 2.45) is 0 Å². The third-order valence-corrected chi connectivity index (χ3v) is 5.02. The lowest BCUT2D eigenvalue weighted by Gasteiger charge is -2.06. The number of aromatic amines is 1. The Kier molecular flexibility index (Phi) is 4.14. The molecule has 1 heterocycles. The summed E-state index contributed by atoms with van der Waals surface area (Å²) in [5.41, 5.74) is 1.56. The summed E-state index contributed by atoms with van der Waals surface area (Å²) in [7, 11) is -3.68. The fourth-order valence-electron chi connectivity index (χ4n) is 2.38. The maximum atomic E-state index is 13.1. The van der Waals surface area contributed by atoms with Crippen LogP contribution in [0.15, 0.2) is 53.6 Å². The predicted octanol–water partition coefficient (Wildman–Crippen LogP) is 2.97. The molecular formula is C16H14F2N2O2S. The number of aromatic nitrogens is 1. The van der Waals surface area contributed by atoms with Crippen LogP contribution < -0.4 is 4.72 Å². The Labute approximate surface area is 132 Å². The number of nitrogens with one attached hydrogen (secondary N) is 2. The third kappa shape index (κ3) is 3.40. The van der Waals surface area contributed by atoms with E-state index in [0.717, 1.165) is 23.1 Å². The standard InChI is InChI=1S/C16H14F2N2O2S/c17-12-1-4-14(5-2-12)23(21,22)20-8-7-11-10-19-16-9-13(18)3-6-15(11)16/h1-6,9-10,19-20H,7-8H2. The SMILES string of the molecule is O=S(=O)(NCCc1c[nH]c2cc(F)ccc12)c1ccc(F)cc1. The van der Waals surface area contributed by atoms with Gasteiger partial charge in [-0.3, -0.25) is 0 Å². The molecular weight excluding hydrogens is 322 g/mol. The number of benzene rings is 2. The molecule has 0 unspecified atom stereocenters. The molecule has 0 aliphatic heterocycles. The van der Waals surface area contributed by atoms with Crippen LogP contribution in [0.5, 0.6) is 0 Å². The second-order valence-electron chi connectivity index (χ2n) is 5.11. The second-order valence-corrected chi connectivity index (χ2v) is 6.87. The zero-order valence-corrected chi connectivity index (χ0v) is 12.8. The topological polar surface area (TPSA) is 62.0 Å². The van der Waals surface area contributed by atoms with Crippen molar-refractivity contribution in [3.8, 4) is 0 Å². The average Bonchev–Trinajstić information content (AvgIpc) is 2.90. The molecule has 2 aromatic carbocycles. The van der Waals surface area contributed by atoms with Crippen LogP contribution in [-0.4, -0.2) is 19.9 Å². The monoisotopic (exact) mass is 336 g/mol. The van der Waals surface area contributed by atoms with Gasteiger partial charge in [0.15, 0.2) is 0 Å². The largest absolute Gasteiger partial charge is 0.361 e. The summed E-state index contributed by atoms with van der Waals surface area (Å²) >= 11 is 0. The van der Waals surface area contributed by atoms with Gasteiger partial charge >= 0.3 is 0 Å². The van der Waals surface area contributed by atoms with Gasteiger partial charge in [-0.2, -0.15) is 0 Å². The van der Waals surface area contributed by atoms with Crippen molar-refractivity contribution < 1.29 is 17.2 Å². The average molecular weight is 336 g/mol. The molecule has 7 heteroatoms. The molecule has 0 saturated carbocycles. The van der Waals surface area contributed by atoms with Crippen LogP contribution in [0.3, 0.4) is 0 Å². The van der Waals surface area contributed by atoms with Gasteiger partial charge in [0.25, 0.3) is 0 Å². The van der Waals surface area contributed by atoms with E-state index in [0.29, 0.717) is 11.9 Å². The maximum absolute atomic E-state index is 13.1. The second kappa shape index (κ2) is 6.10. The lowest BCUT2D eigenvalue weighted by molar-refractivity contribution is 0.581. The van der Waals surface area contributed by atoms with Gasteiger partial charge < -0.3 is 4.98 Å². The van der Waals surface area contributed by atoms with Crippen molar-refractivity contribution in [1.29, 1.82) is 0 Å². The van der Waals surface area contributed by atoms with Gasteiger partial charge in [-0.15, -0.1) is 0 Å². The molecule has 120 valence electrons. The van der Waals surface area contributed by atoms with Gasteiger partial charge in [0, 0.05) is 23.6 Å². The zero-order valence-electron chi connectivity index (χ0n) is 12.0.